The molecule has 1 aliphatic carbocycles. The van der Waals surface area contributed by atoms with Gasteiger partial charge in [-0.25, -0.2) is 0 Å². The lowest BCUT2D eigenvalue weighted by Gasteiger charge is -1.93. The zero-order chi connectivity index (χ0) is 8.27. The molecule has 52 valence electrons. The molecule has 0 fully saturated rings. The fraction of sp³-hybridized carbons (Fsp3) is 0.375. The quantitative estimate of drug-likeness (QED) is 0.512. The first-order chi connectivity index (χ1) is 5.33. The van der Waals surface area contributed by atoms with E-state index in [9.17, 15) is 0 Å². The summed E-state index contributed by atoms with van der Waals surface area (Å²) in [6.45, 7) is 0. The largest absolute Gasteiger partial charge is 0.198 e. The van der Waals surface area contributed by atoms with E-state index in [0.717, 1.165) is 0 Å². The molecule has 0 radical (unpaired) electrons. The fourth-order valence-corrected chi connectivity index (χ4v) is 1.17. The van der Waals surface area contributed by atoms with Crippen LogP contribution in [0.3, 0.4) is 0 Å². The molecule has 0 aromatic heterocycles. The van der Waals surface area contributed by atoms with Gasteiger partial charge in [0, 0.05) is 5.57 Å². The van der Waals surface area contributed by atoms with Crippen molar-refractivity contribution in [2.24, 2.45) is 5.92 Å². The summed E-state index contributed by atoms with van der Waals surface area (Å²) >= 11 is 0. The number of nitriles is 3. The van der Waals surface area contributed by atoms with Crippen molar-refractivity contribution in [2.45, 2.75) is 12.8 Å². The van der Waals surface area contributed by atoms with Crippen molar-refractivity contribution in [3.05, 3.63) is 11.1 Å². The van der Waals surface area contributed by atoms with E-state index in [1.165, 1.54) is 0 Å². The Kier molecular flexibility index (Phi) is 1.90. The summed E-state index contributed by atoms with van der Waals surface area (Å²) in [5.74, 6) is -0.338. The highest BCUT2D eigenvalue weighted by Gasteiger charge is 2.24. The summed E-state index contributed by atoms with van der Waals surface area (Å²) < 4.78 is 0. The number of allylic oxidation sites excluding steroid dienone is 2. The Morgan fingerprint density at radius 3 is 2.36 bits per heavy atom. The van der Waals surface area contributed by atoms with Crippen LogP contribution in [0.15, 0.2) is 11.1 Å². The van der Waals surface area contributed by atoms with Gasteiger partial charge in [0.1, 0.15) is 0 Å². The predicted octanol–water partition coefficient (Wildman–Crippen LogP) is 1.26. The van der Waals surface area contributed by atoms with Crippen LogP contribution in [0, 0.1) is 39.9 Å². The van der Waals surface area contributed by atoms with Gasteiger partial charge in [-0.1, -0.05) is 0 Å². The SMILES string of the molecule is N#CC1=C(C#N)[C@H](C#N)CC1. The third kappa shape index (κ3) is 1.07. The number of rotatable bonds is 0. The zero-order valence-corrected chi connectivity index (χ0v) is 5.83. The lowest BCUT2D eigenvalue weighted by Crippen LogP contribution is -1.92. The molecule has 0 unspecified atom stereocenters. The van der Waals surface area contributed by atoms with Gasteiger partial charge in [0.25, 0.3) is 0 Å². The van der Waals surface area contributed by atoms with Crippen molar-refractivity contribution in [3.63, 3.8) is 0 Å². The molecule has 0 aromatic rings. The normalized spacial score (nSPS) is 22.1. The summed E-state index contributed by atoms with van der Waals surface area (Å²) in [7, 11) is 0. The lowest BCUT2D eigenvalue weighted by atomic mass is 10.0. The minimum atomic E-state index is -0.338. The third-order valence-electron chi connectivity index (χ3n) is 1.77. The molecule has 0 aromatic carbocycles. The monoisotopic (exact) mass is 143 g/mol. The number of hydrogen-bond donors (Lipinski definition) is 0. The highest BCUT2D eigenvalue weighted by atomic mass is 14.4. The maximum absolute atomic E-state index is 8.56. The highest BCUT2D eigenvalue weighted by Crippen LogP contribution is 2.30. The first-order valence-electron chi connectivity index (χ1n) is 3.26. The van der Waals surface area contributed by atoms with E-state index in [2.05, 4.69) is 0 Å². The van der Waals surface area contributed by atoms with Crippen molar-refractivity contribution in [1.29, 1.82) is 15.8 Å². The molecule has 0 saturated heterocycles. The van der Waals surface area contributed by atoms with Crippen LogP contribution in [0.25, 0.3) is 0 Å². The average Bonchev–Trinajstić information content (AvgIpc) is 2.45. The van der Waals surface area contributed by atoms with Gasteiger partial charge < -0.3 is 0 Å². The molecule has 0 amide bonds. The van der Waals surface area contributed by atoms with Crippen LogP contribution >= 0.6 is 0 Å². The first kappa shape index (κ1) is 7.32. The molecular weight excluding hydrogens is 138 g/mol. The maximum atomic E-state index is 8.56. The van der Waals surface area contributed by atoms with E-state index in [0.29, 0.717) is 24.0 Å². The Bertz CT molecular complexity index is 319. The van der Waals surface area contributed by atoms with Crippen LogP contribution in [0.1, 0.15) is 12.8 Å². The van der Waals surface area contributed by atoms with Crippen molar-refractivity contribution in [1.82, 2.24) is 0 Å². The van der Waals surface area contributed by atoms with Crippen LogP contribution in [-0.4, -0.2) is 0 Å². The van der Waals surface area contributed by atoms with Crippen LogP contribution in [-0.2, 0) is 0 Å². The van der Waals surface area contributed by atoms with Crippen molar-refractivity contribution in [3.8, 4) is 18.2 Å². The maximum Gasteiger partial charge on any atom is 0.0971 e. The van der Waals surface area contributed by atoms with Crippen molar-refractivity contribution >= 4 is 0 Å². The van der Waals surface area contributed by atoms with Gasteiger partial charge in [-0.2, -0.15) is 15.8 Å². The topological polar surface area (TPSA) is 71.4 Å². The van der Waals surface area contributed by atoms with Gasteiger partial charge in [0.05, 0.1) is 29.7 Å². The number of nitrogens with zero attached hydrogens (tertiary/aromatic N) is 3. The summed E-state index contributed by atoms with van der Waals surface area (Å²) in [5, 5.41) is 25.6. The third-order valence-corrected chi connectivity index (χ3v) is 1.77. The standard InChI is InChI=1S/C8H5N3/c9-3-6-1-2-7(4-10)8(6)5-11/h6H,1-2H2/t6-/m0/s1. The average molecular weight is 143 g/mol. The van der Waals surface area contributed by atoms with Crippen LogP contribution in [0.5, 0.6) is 0 Å². The molecule has 1 rings (SSSR count). The Hall–Kier alpha value is -1.79. The van der Waals surface area contributed by atoms with E-state index >= 15 is 0 Å². The van der Waals surface area contributed by atoms with Crippen molar-refractivity contribution in [2.75, 3.05) is 0 Å². The van der Waals surface area contributed by atoms with Crippen molar-refractivity contribution < 1.29 is 0 Å². The van der Waals surface area contributed by atoms with E-state index in [1.54, 1.807) is 0 Å². The zero-order valence-electron chi connectivity index (χ0n) is 5.83. The molecule has 0 N–H and O–H groups in total. The van der Waals surface area contributed by atoms with E-state index in [1.807, 2.05) is 18.2 Å². The smallest absolute Gasteiger partial charge is 0.0971 e. The van der Waals surface area contributed by atoms with Crippen LogP contribution in [0.2, 0.25) is 0 Å². The molecular formula is C8H5N3. The molecule has 1 atom stereocenters. The Morgan fingerprint density at radius 2 is 1.91 bits per heavy atom. The first-order valence-corrected chi connectivity index (χ1v) is 3.26. The molecule has 1 aliphatic rings. The van der Waals surface area contributed by atoms with Gasteiger partial charge in [0.15, 0.2) is 0 Å². The molecule has 3 heteroatoms. The predicted molar refractivity (Wildman–Crippen MR) is 36.6 cm³/mol. The second kappa shape index (κ2) is 2.86. The second-order valence-corrected chi connectivity index (χ2v) is 2.34. The molecule has 0 heterocycles. The summed E-state index contributed by atoms with van der Waals surface area (Å²) in [4.78, 5) is 0. The molecule has 11 heavy (non-hydrogen) atoms. The molecule has 0 aliphatic heterocycles. The second-order valence-electron chi connectivity index (χ2n) is 2.34. The summed E-state index contributed by atoms with van der Waals surface area (Å²) in [5.41, 5.74) is 0.856. The lowest BCUT2D eigenvalue weighted by molar-refractivity contribution is 0.765. The van der Waals surface area contributed by atoms with Crippen LogP contribution in [0.4, 0.5) is 0 Å². The van der Waals surface area contributed by atoms with E-state index < -0.39 is 0 Å². The van der Waals surface area contributed by atoms with E-state index in [-0.39, 0.29) is 5.92 Å². The fourth-order valence-electron chi connectivity index (χ4n) is 1.17. The van der Waals surface area contributed by atoms with Crippen LogP contribution < -0.4 is 0 Å². The minimum Gasteiger partial charge on any atom is -0.198 e. The Balaban J connectivity index is 3.04. The summed E-state index contributed by atoms with van der Waals surface area (Å²) in [6.07, 6.45) is 1.21. The molecule has 3 nitrogen and oxygen atoms in total. The Morgan fingerprint density at radius 1 is 1.18 bits per heavy atom. The minimum absolute atomic E-state index is 0.338. The Labute approximate surface area is 64.8 Å². The molecule has 0 spiro atoms. The molecule has 0 saturated carbocycles. The van der Waals surface area contributed by atoms with E-state index in [4.69, 9.17) is 15.8 Å². The molecule has 0 bridgehead atoms. The summed E-state index contributed by atoms with van der Waals surface area (Å²) in [6, 6.07) is 5.83. The van der Waals surface area contributed by atoms with Gasteiger partial charge in [-0.15, -0.1) is 0 Å². The van der Waals surface area contributed by atoms with Gasteiger partial charge in [0.2, 0.25) is 0 Å². The number of hydrogen-bond acceptors (Lipinski definition) is 3. The van der Waals surface area contributed by atoms with Gasteiger partial charge >= 0.3 is 0 Å². The van der Waals surface area contributed by atoms with Gasteiger partial charge in [-0.3, -0.25) is 0 Å². The highest BCUT2D eigenvalue weighted by molar-refractivity contribution is 5.44. The van der Waals surface area contributed by atoms with Gasteiger partial charge in [-0.05, 0) is 12.8 Å².